The summed E-state index contributed by atoms with van der Waals surface area (Å²) in [7, 11) is 1.30. The van der Waals surface area contributed by atoms with Gasteiger partial charge in [0.15, 0.2) is 0 Å². The second kappa shape index (κ2) is 5.70. The summed E-state index contributed by atoms with van der Waals surface area (Å²) in [6.45, 7) is 1.93. The quantitative estimate of drug-likeness (QED) is 0.456. The highest BCUT2D eigenvalue weighted by Gasteiger charge is 2.15. The Balaban J connectivity index is 3.86. The van der Waals surface area contributed by atoms with Crippen molar-refractivity contribution in [1.82, 2.24) is 5.32 Å². The summed E-state index contributed by atoms with van der Waals surface area (Å²) in [6, 6.07) is -0.484. The van der Waals surface area contributed by atoms with E-state index in [4.69, 9.17) is 0 Å². The lowest BCUT2D eigenvalue weighted by molar-refractivity contribution is -0.144. The number of carbonyl (C=O) groups excluding carboxylic acids is 2. The zero-order valence-electron chi connectivity index (χ0n) is 6.79. The van der Waals surface area contributed by atoms with Gasteiger partial charge in [0.05, 0.1) is 7.11 Å². The van der Waals surface area contributed by atoms with Crippen molar-refractivity contribution in [2.24, 2.45) is 0 Å². The molecule has 4 heteroatoms. The normalized spacial score (nSPS) is 11.8. The monoisotopic (exact) mass is 159 g/mol. The smallest absolute Gasteiger partial charge is 0.328 e. The van der Waals surface area contributed by atoms with Crippen LogP contribution in [0.5, 0.6) is 0 Å². The van der Waals surface area contributed by atoms with Gasteiger partial charge in [0, 0.05) is 0 Å². The van der Waals surface area contributed by atoms with E-state index in [9.17, 15) is 9.59 Å². The van der Waals surface area contributed by atoms with Crippen molar-refractivity contribution in [2.45, 2.75) is 25.8 Å². The van der Waals surface area contributed by atoms with Gasteiger partial charge in [-0.2, -0.15) is 0 Å². The highest BCUT2D eigenvalue weighted by atomic mass is 16.5. The third kappa shape index (κ3) is 3.60. The molecular formula is C7H13NO3. The Kier molecular flexibility index (Phi) is 5.15. The van der Waals surface area contributed by atoms with Crippen LogP contribution in [0.4, 0.5) is 0 Å². The van der Waals surface area contributed by atoms with E-state index in [1.165, 1.54) is 7.11 Å². The Morgan fingerprint density at radius 2 is 2.36 bits per heavy atom. The molecule has 0 spiro atoms. The van der Waals surface area contributed by atoms with E-state index in [-0.39, 0.29) is 5.97 Å². The molecule has 0 bridgehead atoms. The molecule has 0 aromatic carbocycles. The number of ether oxygens (including phenoxy) is 1. The lowest BCUT2D eigenvalue weighted by atomic mass is 10.2. The van der Waals surface area contributed by atoms with Crippen LogP contribution in [0.2, 0.25) is 0 Å². The van der Waals surface area contributed by atoms with Crippen molar-refractivity contribution in [3.63, 3.8) is 0 Å². The number of esters is 1. The Morgan fingerprint density at radius 1 is 1.73 bits per heavy atom. The Bertz CT molecular complexity index is 136. The van der Waals surface area contributed by atoms with Gasteiger partial charge in [0.1, 0.15) is 6.04 Å². The second-order valence-corrected chi connectivity index (χ2v) is 2.15. The lowest BCUT2D eigenvalue weighted by Gasteiger charge is -2.11. The zero-order chi connectivity index (χ0) is 8.69. The number of amides is 1. The van der Waals surface area contributed by atoms with Crippen LogP contribution in [0.3, 0.4) is 0 Å². The molecular weight excluding hydrogens is 146 g/mol. The van der Waals surface area contributed by atoms with Gasteiger partial charge < -0.3 is 10.1 Å². The molecule has 0 radical (unpaired) electrons. The summed E-state index contributed by atoms with van der Waals surface area (Å²) >= 11 is 0. The summed E-state index contributed by atoms with van der Waals surface area (Å²) < 4.78 is 4.46. The van der Waals surface area contributed by atoms with Crippen molar-refractivity contribution in [3.05, 3.63) is 0 Å². The van der Waals surface area contributed by atoms with Gasteiger partial charge in [0.25, 0.3) is 0 Å². The van der Waals surface area contributed by atoms with Gasteiger partial charge in [-0.25, -0.2) is 4.79 Å². The highest BCUT2D eigenvalue weighted by molar-refractivity contribution is 5.77. The van der Waals surface area contributed by atoms with Crippen LogP contribution in [-0.2, 0) is 14.3 Å². The van der Waals surface area contributed by atoms with E-state index >= 15 is 0 Å². The predicted molar refractivity (Wildman–Crippen MR) is 39.9 cm³/mol. The van der Waals surface area contributed by atoms with Gasteiger partial charge in [-0.1, -0.05) is 13.3 Å². The van der Waals surface area contributed by atoms with Crippen molar-refractivity contribution < 1.29 is 14.3 Å². The number of nitrogens with one attached hydrogen (secondary N) is 1. The van der Waals surface area contributed by atoms with E-state index in [1.54, 1.807) is 0 Å². The molecule has 1 atom stereocenters. The van der Waals surface area contributed by atoms with Crippen molar-refractivity contribution >= 4 is 12.4 Å². The van der Waals surface area contributed by atoms with Crippen molar-refractivity contribution in [1.29, 1.82) is 0 Å². The van der Waals surface area contributed by atoms with E-state index in [0.717, 1.165) is 6.42 Å². The predicted octanol–water partition coefficient (Wildman–Crippen LogP) is 0.0741. The molecule has 0 aromatic heterocycles. The third-order valence-corrected chi connectivity index (χ3v) is 1.33. The fourth-order valence-electron chi connectivity index (χ4n) is 0.782. The first-order valence-corrected chi connectivity index (χ1v) is 3.53. The Labute approximate surface area is 65.9 Å². The van der Waals surface area contributed by atoms with Gasteiger partial charge in [-0.05, 0) is 6.42 Å². The fourth-order valence-corrected chi connectivity index (χ4v) is 0.782. The van der Waals surface area contributed by atoms with Gasteiger partial charge >= 0.3 is 5.97 Å². The molecule has 1 N–H and O–H groups in total. The minimum Gasteiger partial charge on any atom is -0.467 e. The van der Waals surface area contributed by atoms with E-state index in [2.05, 4.69) is 10.1 Å². The Morgan fingerprint density at radius 3 is 2.73 bits per heavy atom. The molecule has 0 fully saturated rings. The minimum absolute atomic E-state index is 0.390. The standard InChI is InChI=1S/C7H13NO3/c1-3-4-6(8-5-9)7(10)11-2/h5-6H,3-4H2,1-2H3,(H,8,9). The number of hydrogen-bond acceptors (Lipinski definition) is 3. The van der Waals surface area contributed by atoms with E-state index < -0.39 is 6.04 Å². The van der Waals surface area contributed by atoms with Gasteiger partial charge in [-0.15, -0.1) is 0 Å². The molecule has 0 heterocycles. The first-order valence-electron chi connectivity index (χ1n) is 3.53. The number of rotatable bonds is 5. The SMILES string of the molecule is CCCC(NC=O)C(=O)OC. The van der Waals surface area contributed by atoms with Crippen LogP contribution in [0, 0.1) is 0 Å². The van der Waals surface area contributed by atoms with E-state index in [1.807, 2.05) is 6.92 Å². The van der Waals surface area contributed by atoms with Crippen molar-refractivity contribution in [2.75, 3.05) is 7.11 Å². The molecule has 0 aliphatic carbocycles. The number of carbonyl (C=O) groups is 2. The molecule has 0 saturated heterocycles. The number of methoxy groups -OCH3 is 1. The summed E-state index contributed by atoms with van der Waals surface area (Å²) in [5.41, 5.74) is 0. The first-order chi connectivity index (χ1) is 5.26. The summed E-state index contributed by atoms with van der Waals surface area (Å²) in [4.78, 5) is 20.8. The molecule has 1 amide bonds. The zero-order valence-corrected chi connectivity index (χ0v) is 6.79. The third-order valence-electron chi connectivity index (χ3n) is 1.33. The lowest BCUT2D eigenvalue weighted by Crippen LogP contribution is -2.36. The van der Waals surface area contributed by atoms with Crippen LogP contribution >= 0.6 is 0 Å². The Hall–Kier alpha value is -1.06. The average Bonchev–Trinajstić information content (AvgIpc) is 2.03. The van der Waals surface area contributed by atoms with Crippen LogP contribution < -0.4 is 5.32 Å². The molecule has 0 saturated carbocycles. The topological polar surface area (TPSA) is 55.4 Å². The molecule has 1 unspecified atom stereocenters. The maximum absolute atomic E-state index is 10.8. The maximum atomic E-state index is 10.8. The van der Waals surface area contributed by atoms with Crippen LogP contribution in [0.15, 0.2) is 0 Å². The summed E-state index contributed by atoms with van der Waals surface area (Å²) in [6.07, 6.45) is 1.96. The molecule has 64 valence electrons. The molecule has 0 aliphatic heterocycles. The van der Waals surface area contributed by atoms with Gasteiger partial charge in [0.2, 0.25) is 6.41 Å². The summed E-state index contributed by atoms with van der Waals surface area (Å²) in [5, 5.41) is 2.38. The minimum atomic E-state index is -0.484. The van der Waals surface area contributed by atoms with Crippen LogP contribution in [-0.4, -0.2) is 25.5 Å². The van der Waals surface area contributed by atoms with Crippen molar-refractivity contribution in [3.8, 4) is 0 Å². The van der Waals surface area contributed by atoms with Crippen LogP contribution in [0.1, 0.15) is 19.8 Å². The molecule has 11 heavy (non-hydrogen) atoms. The van der Waals surface area contributed by atoms with Crippen LogP contribution in [0.25, 0.3) is 0 Å². The molecule has 0 aromatic rings. The first kappa shape index (κ1) is 9.94. The molecule has 4 nitrogen and oxygen atoms in total. The highest BCUT2D eigenvalue weighted by Crippen LogP contribution is 1.97. The largest absolute Gasteiger partial charge is 0.467 e. The fraction of sp³-hybridized carbons (Fsp3) is 0.714. The van der Waals surface area contributed by atoms with E-state index in [0.29, 0.717) is 12.8 Å². The average molecular weight is 159 g/mol. The summed E-state index contributed by atoms with van der Waals surface area (Å²) in [5.74, 6) is -0.390. The number of hydrogen-bond donors (Lipinski definition) is 1. The van der Waals surface area contributed by atoms with Gasteiger partial charge in [-0.3, -0.25) is 4.79 Å². The second-order valence-electron chi connectivity index (χ2n) is 2.15. The molecule has 0 aliphatic rings. The maximum Gasteiger partial charge on any atom is 0.328 e. The molecule has 0 rings (SSSR count).